The van der Waals surface area contributed by atoms with Crippen molar-refractivity contribution >= 4 is 28.7 Å². The van der Waals surface area contributed by atoms with Crippen molar-refractivity contribution in [3.05, 3.63) is 41.2 Å². The highest BCUT2D eigenvalue weighted by molar-refractivity contribution is 6.31. The first-order valence-electron chi connectivity index (χ1n) is 6.59. The van der Waals surface area contributed by atoms with Crippen molar-refractivity contribution in [2.75, 3.05) is 11.9 Å². The number of aromatic amines is 1. The van der Waals surface area contributed by atoms with Gasteiger partial charge in [0, 0.05) is 17.1 Å². The van der Waals surface area contributed by atoms with Crippen LogP contribution in [0.4, 0.5) is 5.95 Å². The quantitative estimate of drug-likeness (QED) is 0.758. The molecule has 0 amide bonds. The molecule has 0 unspecified atom stereocenters. The Kier molecular flexibility index (Phi) is 3.87. The third-order valence-electron chi connectivity index (χ3n) is 2.91. The number of aromatic nitrogens is 4. The van der Waals surface area contributed by atoms with Gasteiger partial charge in [-0.1, -0.05) is 29.8 Å². The highest BCUT2D eigenvalue weighted by Gasteiger charge is 2.11. The topological polar surface area (TPSA) is 75.7 Å². The minimum absolute atomic E-state index is 0.330. The Morgan fingerprint density at radius 1 is 1.29 bits per heavy atom. The molecule has 0 radical (unpaired) electrons. The first-order valence-corrected chi connectivity index (χ1v) is 6.97. The predicted octanol–water partition coefficient (Wildman–Crippen LogP) is 3.02. The molecule has 0 saturated heterocycles. The van der Waals surface area contributed by atoms with Gasteiger partial charge in [0.25, 0.3) is 0 Å². The maximum absolute atomic E-state index is 6.12. The molecule has 0 aliphatic heterocycles. The van der Waals surface area contributed by atoms with Gasteiger partial charge in [0.1, 0.15) is 12.1 Å². The van der Waals surface area contributed by atoms with Crippen LogP contribution in [-0.2, 0) is 6.61 Å². The lowest BCUT2D eigenvalue weighted by atomic mass is 10.2. The van der Waals surface area contributed by atoms with Crippen molar-refractivity contribution in [3.8, 4) is 5.88 Å². The van der Waals surface area contributed by atoms with Gasteiger partial charge in [-0.3, -0.25) is 0 Å². The normalized spacial score (nSPS) is 10.8. The molecule has 0 aliphatic carbocycles. The van der Waals surface area contributed by atoms with Crippen LogP contribution in [0.2, 0.25) is 5.02 Å². The molecule has 7 heteroatoms. The predicted molar refractivity (Wildman–Crippen MR) is 81.6 cm³/mol. The largest absolute Gasteiger partial charge is 0.471 e. The van der Waals surface area contributed by atoms with E-state index in [9.17, 15) is 0 Å². The third kappa shape index (κ3) is 2.90. The molecule has 6 nitrogen and oxygen atoms in total. The second-order valence-corrected chi connectivity index (χ2v) is 4.77. The van der Waals surface area contributed by atoms with Crippen LogP contribution in [-0.4, -0.2) is 26.5 Å². The van der Waals surface area contributed by atoms with Crippen molar-refractivity contribution in [1.82, 2.24) is 19.9 Å². The van der Waals surface area contributed by atoms with Crippen molar-refractivity contribution in [1.29, 1.82) is 0 Å². The van der Waals surface area contributed by atoms with E-state index in [-0.39, 0.29) is 0 Å². The molecule has 2 heterocycles. The summed E-state index contributed by atoms with van der Waals surface area (Å²) in [6, 6.07) is 7.54. The van der Waals surface area contributed by atoms with Gasteiger partial charge in [-0.25, -0.2) is 4.98 Å². The smallest absolute Gasteiger partial charge is 0.245 e. The summed E-state index contributed by atoms with van der Waals surface area (Å²) in [6.45, 7) is 3.03. The molecule has 21 heavy (non-hydrogen) atoms. The summed E-state index contributed by atoms with van der Waals surface area (Å²) in [4.78, 5) is 15.8. The van der Waals surface area contributed by atoms with Crippen LogP contribution >= 0.6 is 11.6 Å². The molecule has 3 aromatic rings. The molecule has 0 fully saturated rings. The van der Waals surface area contributed by atoms with E-state index in [0.29, 0.717) is 34.6 Å². The van der Waals surface area contributed by atoms with Crippen molar-refractivity contribution in [2.45, 2.75) is 13.5 Å². The molecular weight excluding hydrogens is 290 g/mol. The van der Waals surface area contributed by atoms with Crippen LogP contribution in [0.15, 0.2) is 30.6 Å². The number of hydrogen-bond acceptors (Lipinski definition) is 5. The van der Waals surface area contributed by atoms with E-state index >= 15 is 0 Å². The molecule has 0 saturated carbocycles. The van der Waals surface area contributed by atoms with E-state index in [4.69, 9.17) is 16.3 Å². The van der Waals surface area contributed by atoms with Crippen molar-refractivity contribution in [2.24, 2.45) is 0 Å². The number of imidazole rings is 1. The second-order valence-electron chi connectivity index (χ2n) is 4.36. The minimum Gasteiger partial charge on any atom is -0.471 e. The minimum atomic E-state index is 0.330. The van der Waals surface area contributed by atoms with Gasteiger partial charge in [0.05, 0.1) is 6.33 Å². The average molecular weight is 304 g/mol. The van der Waals surface area contributed by atoms with E-state index in [1.165, 1.54) is 0 Å². The molecular formula is C14H14ClN5O. The van der Waals surface area contributed by atoms with Gasteiger partial charge < -0.3 is 15.0 Å². The highest BCUT2D eigenvalue weighted by Crippen LogP contribution is 2.23. The summed E-state index contributed by atoms with van der Waals surface area (Å²) in [6.07, 6.45) is 1.57. The Balaban J connectivity index is 1.89. The lowest BCUT2D eigenvalue weighted by Gasteiger charge is -2.09. The third-order valence-corrected chi connectivity index (χ3v) is 3.28. The van der Waals surface area contributed by atoms with Crippen LogP contribution in [0.25, 0.3) is 11.2 Å². The number of anilines is 1. The fourth-order valence-electron chi connectivity index (χ4n) is 1.91. The number of hydrogen-bond donors (Lipinski definition) is 2. The molecule has 0 bridgehead atoms. The molecule has 3 rings (SSSR count). The lowest BCUT2D eigenvalue weighted by molar-refractivity contribution is 0.297. The van der Waals surface area contributed by atoms with Gasteiger partial charge in [-0.05, 0) is 13.0 Å². The molecule has 2 aromatic heterocycles. The number of nitrogens with one attached hydrogen (secondary N) is 2. The number of rotatable bonds is 5. The second kappa shape index (κ2) is 5.97. The maximum atomic E-state index is 6.12. The number of nitrogens with zero attached hydrogens (tertiary/aromatic N) is 3. The lowest BCUT2D eigenvalue weighted by Crippen LogP contribution is -2.05. The summed E-state index contributed by atoms with van der Waals surface area (Å²) in [5, 5.41) is 3.72. The molecule has 1 aromatic carbocycles. The van der Waals surface area contributed by atoms with Gasteiger partial charge >= 0.3 is 0 Å². The van der Waals surface area contributed by atoms with E-state index in [1.807, 2.05) is 31.2 Å². The summed E-state index contributed by atoms with van der Waals surface area (Å²) in [7, 11) is 0. The summed E-state index contributed by atoms with van der Waals surface area (Å²) >= 11 is 6.12. The monoisotopic (exact) mass is 303 g/mol. The molecule has 0 atom stereocenters. The van der Waals surface area contributed by atoms with Gasteiger partial charge in [0.2, 0.25) is 11.8 Å². The van der Waals surface area contributed by atoms with E-state index in [1.54, 1.807) is 6.33 Å². The van der Waals surface area contributed by atoms with Crippen molar-refractivity contribution < 1.29 is 4.74 Å². The fourth-order valence-corrected chi connectivity index (χ4v) is 2.10. The number of H-pyrrole nitrogens is 1. The Morgan fingerprint density at radius 3 is 2.95 bits per heavy atom. The summed E-state index contributed by atoms with van der Waals surface area (Å²) in [5.74, 6) is 0.944. The Morgan fingerprint density at radius 2 is 2.14 bits per heavy atom. The van der Waals surface area contributed by atoms with Gasteiger partial charge in [-0.2, -0.15) is 9.97 Å². The van der Waals surface area contributed by atoms with Crippen LogP contribution in [0.1, 0.15) is 12.5 Å². The first-order chi connectivity index (χ1) is 10.3. The van der Waals surface area contributed by atoms with E-state index < -0.39 is 0 Å². The Hall–Kier alpha value is -2.34. The van der Waals surface area contributed by atoms with E-state index in [0.717, 1.165) is 12.1 Å². The summed E-state index contributed by atoms with van der Waals surface area (Å²) < 4.78 is 5.78. The standard InChI is InChI=1S/C14H14ClN5O/c1-2-16-14-19-12-11(17-8-18-12)13(20-14)21-7-9-5-3-4-6-10(9)15/h3-6,8H,2,7H2,1H3,(H2,16,17,18,19,20). The molecule has 0 aliphatic rings. The van der Waals surface area contributed by atoms with Gasteiger partial charge in [-0.15, -0.1) is 0 Å². The van der Waals surface area contributed by atoms with Crippen LogP contribution < -0.4 is 10.1 Å². The number of ether oxygens (including phenoxy) is 1. The van der Waals surface area contributed by atoms with Gasteiger partial charge in [0.15, 0.2) is 5.65 Å². The molecule has 0 spiro atoms. The van der Waals surface area contributed by atoms with Crippen molar-refractivity contribution in [3.63, 3.8) is 0 Å². The molecule has 108 valence electrons. The first kappa shape index (κ1) is 13.6. The Labute approximate surface area is 126 Å². The molecule has 2 N–H and O–H groups in total. The zero-order valence-corrected chi connectivity index (χ0v) is 12.2. The van der Waals surface area contributed by atoms with E-state index in [2.05, 4.69) is 25.3 Å². The zero-order chi connectivity index (χ0) is 14.7. The Bertz CT molecular complexity index is 758. The fraction of sp³-hybridized carbons (Fsp3) is 0.214. The number of halogens is 1. The van der Waals surface area contributed by atoms with Crippen LogP contribution in [0.5, 0.6) is 5.88 Å². The highest BCUT2D eigenvalue weighted by atomic mass is 35.5. The van der Waals surface area contributed by atoms with Crippen LogP contribution in [0, 0.1) is 0 Å². The summed E-state index contributed by atoms with van der Waals surface area (Å²) in [5.41, 5.74) is 2.13. The maximum Gasteiger partial charge on any atom is 0.245 e. The average Bonchev–Trinajstić information content (AvgIpc) is 2.95. The number of benzene rings is 1. The number of fused-ring (bicyclic) bond motifs is 1. The van der Waals surface area contributed by atoms with Crippen LogP contribution in [0.3, 0.4) is 0 Å². The zero-order valence-electron chi connectivity index (χ0n) is 11.4. The SMILES string of the molecule is CCNc1nc(OCc2ccccc2Cl)c2[nH]cnc2n1.